The van der Waals surface area contributed by atoms with Gasteiger partial charge in [0.15, 0.2) is 9.84 Å². The monoisotopic (exact) mass is 426 g/mol. The molecule has 0 bridgehead atoms. The quantitative estimate of drug-likeness (QED) is 0.727. The SMILES string of the molecule is CC(C)(C)OC(=O)N1C=CC(C(c2ccccc2)c2ccc(S(C)(=O)=O)cc2)=NC1. The summed E-state index contributed by atoms with van der Waals surface area (Å²) >= 11 is 0. The van der Waals surface area contributed by atoms with Crippen LogP contribution >= 0.6 is 0 Å². The molecule has 0 aromatic heterocycles. The van der Waals surface area contributed by atoms with Gasteiger partial charge in [-0.05, 0) is 50.1 Å². The summed E-state index contributed by atoms with van der Waals surface area (Å²) in [6.07, 6.45) is 4.22. The highest BCUT2D eigenvalue weighted by molar-refractivity contribution is 7.90. The van der Waals surface area contributed by atoms with E-state index in [4.69, 9.17) is 4.74 Å². The number of nitrogens with zero attached hydrogens (tertiary/aromatic N) is 2. The molecule has 158 valence electrons. The molecule has 0 N–H and O–H groups in total. The van der Waals surface area contributed by atoms with E-state index < -0.39 is 21.5 Å². The Kier molecular flexibility index (Phi) is 6.12. The van der Waals surface area contributed by atoms with E-state index in [0.29, 0.717) is 0 Å². The molecule has 1 aliphatic heterocycles. The molecule has 6 nitrogen and oxygen atoms in total. The summed E-state index contributed by atoms with van der Waals surface area (Å²) in [6, 6.07) is 16.7. The van der Waals surface area contributed by atoms with Crippen LogP contribution in [-0.2, 0) is 14.6 Å². The second-order valence-corrected chi connectivity index (χ2v) is 10.2. The Hall–Kier alpha value is -2.93. The van der Waals surface area contributed by atoms with Gasteiger partial charge < -0.3 is 4.74 Å². The molecule has 3 rings (SSSR count). The van der Waals surface area contributed by atoms with Gasteiger partial charge in [-0.3, -0.25) is 9.89 Å². The van der Waals surface area contributed by atoms with E-state index in [9.17, 15) is 13.2 Å². The number of hydrogen-bond donors (Lipinski definition) is 0. The third-order valence-corrected chi connectivity index (χ3v) is 5.66. The number of sulfone groups is 1. The van der Waals surface area contributed by atoms with Crippen LogP contribution < -0.4 is 0 Å². The van der Waals surface area contributed by atoms with Crippen molar-refractivity contribution in [3.63, 3.8) is 0 Å². The smallest absolute Gasteiger partial charge is 0.415 e. The van der Waals surface area contributed by atoms with Crippen LogP contribution in [0.25, 0.3) is 0 Å². The van der Waals surface area contributed by atoms with Crippen LogP contribution in [0, 0.1) is 0 Å². The summed E-state index contributed by atoms with van der Waals surface area (Å²) < 4.78 is 29.0. The molecule has 0 fully saturated rings. The van der Waals surface area contributed by atoms with E-state index in [2.05, 4.69) is 4.99 Å². The summed E-state index contributed by atoms with van der Waals surface area (Å²) in [5.74, 6) is -0.183. The Morgan fingerprint density at radius 2 is 1.63 bits per heavy atom. The molecule has 0 spiro atoms. The molecule has 0 radical (unpaired) electrons. The first-order valence-electron chi connectivity index (χ1n) is 9.62. The fourth-order valence-corrected chi connectivity index (χ4v) is 3.77. The number of amides is 1. The Bertz CT molecular complexity index is 1070. The van der Waals surface area contributed by atoms with Gasteiger partial charge in [0, 0.05) is 12.5 Å². The number of carbonyl (C=O) groups excluding carboxylic acids is 1. The molecule has 1 unspecified atom stereocenters. The van der Waals surface area contributed by atoms with Crippen LogP contribution in [0.5, 0.6) is 0 Å². The third-order valence-electron chi connectivity index (χ3n) is 4.53. The van der Waals surface area contributed by atoms with Crippen molar-refractivity contribution < 1.29 is 17.9 Å². The topological polar surface area (TPSA) is 76.0 Å². The van der Waals surface area contributed by atoms with Crippen LogP contribution in [0.4, 0.5) is 4.79 Å². The molecular weight excluding hydrogens is 400 g/mol. The number of allylic oxidation sites excluding steroid dienone is 1. The molecule has 1 atom stereocenters. The Morgan fingerprint density at radius 3 is 2.13 bits per heavy atom. The highest BCUT2D eigenvalue weighted by Crippen LogP contribution is 2.29. The molecular formula is C23H26N2O4S. The predicted octanol–water partition coefficient (Wildman–Crippen LogP) is 4.38. The van der Waals surface area contributed by atoms with Crippen LogP contribution in [0.3, 0.4) is 0 Å². The van der Waals surface area contributed by atoms with Crippen molar-refractivity contribution in [3.05, 3.63) is 78.0 Å². The lowest BCUT2D eigenvalue weighted by molar-refractivity contribution is 0.0338. The van der Waals surface area contributed by atoms with Gasteiger partial charge in [-0.25, -0.2) is 13.2 Å². The maximum atomic E-state index is 12.3. The minimum atomic E-state index is -3.27. The Labute approximate surface area is 177 Å². The van der Waals surface area contributed by atoms with Crippen LogP contribution in [-0.4, -0.2) is 43.6 Å². The molecule has 7 heteroatoms. The Balaban J connectivity index is 1.90. The lowest BCUT2D eigenvalue weighted by Crippen LogP contribution is -2.35. The van der Waals surface area contributed by atoms with Crippen LogP contribution in [0.2, 0.25) is 0 Å². The first-order chi connectivity index (χ1) is 14.0. The summed E-state index contributed by atoms with van der Waals surface area (Å²) in [5, 5.41) is 0. The van der Waals surface area contributed by atoms with Gasteiger partial charge in [0.1, 0.15) is 12.3 Å². The second kappa shape index (κ2) is 8.44. The van der Waals surface area contributed by atoms with Gasteiger partial charge in [0.25, 0.3) is 0 Å². The van der Waals surface area contributed by atoms with Crippen molar-refractivity contribution in [2.45, 2.75) is 37.2 Å². The average molecular weight is 427 g/mol. The average Bonchev–Trinajstić information content (AvgIpc) is 2.68. The minimum absolute atomic E-state index is 0.158. The minimum Gasteiger partial charge on any atom is -0.443 e. The van der Waals surface area contributed by atoms with Gasteiger partial charge in [-0.1, -0.05) is 42.5 Å². The molecule has 1 heterocycles. The van der Waals surface area contributed by atoms with Gasteiger partial charge in [-0.2, -0.15) is 0 Å². The number of rotatable bonds is 4. The van der Waals surface area contributed by atoms with Crippen molar-refractivity contribution in [2.24, 2.45) is 4.99 Å². The number of aliphatic imine (C=N–C) groups is 1. The first-order valence-corrected chi connectivity index (χ1v) is 11.5. The van der Waals surface area contributed by atoms with Crippen molar-refractivity contribution in [1.29, 1.82) is 0 Å². The highest BCUT2D eigenvalue weighted by atomic mass is 32.2. The fourth-order valence-electron chi connectivity index (χ4n) is 3.14. The van der Waals surface area contributed by atoms with E-state index in [1.807, 2.05) is 63.2 Å². The van der Waals surface area contributed by atoms with Crippen molar-refractivity contribution >= 4 is 21.6 Å². The van der Waals surface area contributed by atoms with E-state index in [1.165, 1.54) is 11.2 Å². The van der Waals surface area contributed by atoms with Gasteiger partial charge in [0.2, 0.25) is 0 Å². The molecule has 0 saturated heterocycles. The zero-order chi connectivity index (χ0) is 21.9. The van der Waals surface area contributed by atoms with E-state index in [-0.39, 0.29) is 17.5 Å². The molecule has 30 heavy (non-hydrogen) atoms. The lowest BCUT2D eigenvalue weighted by Gasteiger charge is -2.27. The van der Waals surface area contributed by atoms with Crippen molar-refractivity contribution in [3.8, 4) is 0 Å². The summed E-state index contributed by atoms with van der Waals surface area (Å²) in [4.78, 5) is 18.6. The number of hydrogen-bond acceptors (Lipinski definition) is 5. The highest BCUT2D eigenvalue weighted by Gasteiger charge is 2.25. The summed E-state index contributed by atoms with van der Waals surface area (Å²) in [7, 11) is -3.27. The number of ether oxygens (including phenoxy) is 1. The van der Waals surface area contributed by atoms with E-state index in [0.717, 1.165) is 16.8 Å². The van der Waals surface area contributed by atoms with E-state index >= 15 is 0 Å². The molecule has 1 amide bonds. The number of benzene rings is 2. The number of carbonyl (C=O) groups is 1. The lowest BCUT2D eigenvalue weighted by atomic mass is 9.87. The van der Waals surface area contributed by atoms with Crippen molar-refractivity contribution in [1.82, 2.24) is 4.90 Å². The van der Waals surface area contributed by atoms with E-state index in [1.54, 1.807) is 24.4 Å². The maximum absolute atomic E-state index is 12.3. The second-order valence-electron chi connectivity index (χ2n) is 8.18. The van der Waals surface area contributed by atoms with Gasteiger partial charge in [-0.15, -0.1) is 0 Å². The Morgan fingerprint density at radius 1 is 1.03 bits per heavy atom. The largest absolute Gasteiger partial charge is 0.443 e. The summed E-state index contributed by atoms with van der Waals surface area (Å²) in [6.45, 7) is 5.61. The van der Waals surface area contributed by atoms with Gasteiger partial charge in [0.05, 0.1) is 16.5 Å². The zero-order valence-electron chi connectivity index (χ0n) is 17.6. The maximum Gasteiger partial charge on any atom is 0.415 e. The first kappa shape index (κ1) is 21.8. The standard InChI is InChI=1S/C23H26N2O4S/c1-23(2,3)29-22(26)25-15-14-20(24-16-25)21(17-8-6-5-7-9-17)18-10-12-19(13-11-18)30(4,27)28/h5-15,21H,16H2,1-4H3. The van der Waals surface area contributed by atoms with Crippen LogP contribution in [0.1, 0.15) is 37.8 Å². The van der Waals surface area contributed by atoms with Crippen molar-refractivity contribution in [2.75, 3.05) is 12.9 Å². The molecule has 2 aromatic rings. The van der Waals surface area contributed by atoms with Gasteiger partial charge >= 0.3 is 6.09 Å². The molecule has 0 saturated carbocycles. The fraction of sp³-hybridized carbons (Fsp3) is 0.304. The predicted molar refractivity (Wildman–Crippen MR) is 117 cm³/mol. The zero-order valence-corrected chi connectivity index (χ0v) is 18.4. The molecule has 2 aromatic carbocycles. The molecule has 0 aliphatic carbocycles. The van der Waals surface area contributed by atoms with Crippen LogP contribution in [0.15, 0.2) is 76.8 Å². The third kappa shape index (κ3) is 5.36. The normalized spacial score (nSPS) is 15.5. The summed E-state index contributed by atoms with van der Waals surface area (Å²) in [5.41, 5.74) is 2.15. The molecule has 1 aliphatic rings.